The molecule has 1 N–H and O–H groups in total. The van der Waals surface area contributed by atoms with Crippen LogP contribution in [-0.2, 0) is 4.79 Å². The first-order valence-corrected chi connectivity index (χ1v) is 4.88. The van der Waals surface area contributed by atoms with Crippen LogP contribution in [0.3, 0.4) is 0 Å². The summed E-state index contributed by atoms with van der Waals surface area (Å²) in [6, 6.07) is 4.68. The molecule has 0 aliphatic rings. The Labute approximate surface area is 89.5 Å². The number of halogens is 1. The minimum Gasteiger partial charge on any atom is -0.326 e. The van der Waals surface area contributed by atoms with Gasteiger partial charge in [-0.2, -0.15) is 0 Å². The van der Waals surface area contributed by atoms with E-state index in [1.165, 1.54) is 6.07 Å². The number of amides is 1. The summed E-state index contributed by atoms with van der Waals surface area (Å²) in [5, 5.41) is 2.67. The standard InChI is InChI=1S/C12H16FNO/c1-8-5-6-9(7-10(8)13)14-11(15)12(2,3)4/h5-7H,1-4H3,(H,14,15). The monoisotopic (exact) mass is 209 g/mol. The second-order valence-corrected chi connectivity index (χ2v) is 4.67. The number of rotatable bonds is 1. The molecule has 0 aliphatic carbocycles. The lowest BCUT2D eigenvalue weighted by Crippen LogP contribution is -2.27. The summed E-state index contributed by atoms with van der Waals surface area (Å²) in [6.45, 7) is 7.12. The fraction of sp³-hybridized carbons (Fsp3) is 0.417. The first-order chi connectivity index (χ1) is 6.80. The number of aryl methyl sites for hydroxylation is 1. The van der Waals surface area contributed by atoms with Crippen molar-refractivity contribution in [3.63, 3.8) is 0 Å². The van der Waals surface area contributed by atoms with Crippen LogP contribution in [0.4, 0.5) is 10.1 Å². The van der Waals surface area contributed by atoms with E-state index >= 15 is 0 Å². The van der Waals surface area contributed by atoms with Gasteiger partial charge in [-0.25, -0.2) is 4.39 Å². The van der Waals surface area contributed by atoms with E-state index in [0.29, 0.717) is 11.3 Å². The molecular weight excluding hydrogens is 193 g/mol. The molecule has 0 aliphatic heterocycles. The van der Waals surface area contributed by atoms with Crippen molar-refractivity contribution < 1.29 is 9.18 Å². The number of anilines is 1. The zero-order valence-corrected chi connectivity index (χ0v) is 9.52. The molecule has 0 fully saturated rings. The second-order valence-electron chi connectivity index (χ2n) is 4.67. The summed E-state index contributed by atoms with van der Waals surface area (Å²) in [6.07, 6.45) is 0. The number of carbonyl (C=O) groups is 1. The molecule has 0 unspecified atom stereocenters. The van der Waals surface area contributed by atoms with E-state index in [4.69, 9.17) is 0 Å². The number of nitrogens with one attached hydrogen (secondary N) is 1. The van der Waals surface area contributed by atoms with Crippen molar-refractivity contribution in [3.8, 4) is 0 Å². The molecule has 0 atom stereocenters. The molecule has 0 saturated carbocycles. The van der Waals surface area contributed by atoms with E-state index in [-0.39, 0.29) is 11.7 Å². The van der Waals surface area contributed by atoms with Gasteiger partial charge in [0.2, 0.25) is 5.91 Å². The second kappa shape index (κ2) is 4.01. The van der Waals surface area contributed by atoms with Gasteiger partial charge in [-0.05, 0) is 24.6 Å². The molecule has 0 heterocycles. The van der Waals surface area contributed by atoms with Crippen molar-refractivity contribution in [1.82, 2.24) is 0 Å². The Balaban J connectivity index is 2.83. The molecule has 3 heteroatoms. The zero-order chi connectivity index (χ0) is 11.6. The highest BCUT2D eigenvalue weighted by atomic mass is 19.1. The minimum atomic E-state index is -0.471. The lowest BCUT2D eigenvalue weighted by molar-refractivity contribution is -0.123. The molecule has 0 saturated heterocycles. The molecule has 0 bridgehead atoms. The summed E-state index contributed by atoms with van der Waals surface area (Å²) < 4.78 is 13.2. The van der Waals surface area contributed by atoms with Gasteiger partial charge in [-0.15, -0.1) is 0 Å². The Bertz CT molecular complexity index is 380. The Hall–Kier alpha value is -1.38. The van der Waals surface area contributed by atoms with Crippen molar-refractivity contribution in [2.24, 2.45) is 5.41 Å². The van der Waals surface area contributed by atoms with Gasteiger partial charge in [0.15, 0.2) is 0 Å². The van der Waals surface area contributed by atoms with Gasteiger partial charge in [0.1, 0.15) is 5.82 Å². The predicted octanol–water partition coefficient (Wildman–Crippen LogP) is 3.12. The maximum atomic E-state index is 13.2. The summed E-state index contributed by atoms with van der Waals surface area (Å²) in [4.78, 5) is 11.6. The van der Waals surface area contributed by atoms with E-state index in [1.54, 1.807) is 19.1 Å². The number of carbonyl (C=O) groups excluding carboxylic acids is 1. The van der Waals surface area contributed by atoms with Crippen LogP contribution < -0.4 is 5.32 Å². The van der Waals surface area contributed by atoms with Crippen molar-refractivity contribution in [2.75, 3.05) is 5.32 Å². The summed E-state index contributed by atoms with van der Waals surface area (Å²) in [5.41, 5.74) is 0.600. The maximum absolute atomic E-state index is 13.2. The van der Waals surface area contributed by atoms with Crippen molar-refractivity contribution >= 4 is 11.6 Å². The van der Waals surface area contributed by atoms with Crippen LogP contribution in [0.2, 0.25) is 0 Å². The maximum Gasteiger partial charge on any atom is 0.229 e. The number of hydrogen-bond acceptors (Lipinski definition) is 1. The molecule has 1 aromatic rings. The van der Waals surface area contributed by atoms with E-state index in [2.05, 4.69) is 5.32 Å². The Morgan fingerprint density at radius 1 is 1.33 bits per heavy atom. The van der Waals surface area contributed by atoms with Gasteiger partial charge >= 0.3 is 0 Å². The average molecular weight is 209 g/mol. The van der Waals surface area contributed by atoms with Crippen molar-refractivity contribution in [1.29, 1.82) is 0 Å². The molecule has 1 rings (SSSR count). The molecule has 1 aromatic carbocycles. The molecule has 82 valence electrons. The van der Waals surface area contributed by atoms with Crippen LogP contribution in [0.1, 0.15) is 26.3 Å². The molecule has 2 nitrogen and oxygen atoms in total. The van der Waals surface area contributed by atoms with Gasteiger partial charge in [-0.1, -0.05) is 26.8 Å². The summed E-state index contributed by atoms with van der Waals surface area (Å²) >= 11 is 0. The van der Waals surface area contributed by atoms with Crippen LogP contribution >= 0.6 is 0 Å². The van der Waals surface area contributed by atoms with Crippen LogP contribution in [0, 0.1) is 18.2 Å². The largest absolute Gasteiger partial charge is 0.326 e. The average Bonchev–Trinajstić information content (AvgIpc) is 2.10. The van der Waals surface area contributed by atoms with E-state index in [0.717, 1.165) is 0 Å². The first kappa shape index (κ1) is 11.7. The number of hydrogen-bond donors (Lipinski definition) is 1. The summed E-state index contributed by atoms with van der Waals surface area (Å²) in [7, 11) is 0. The fourth-order valence-corrected chi connectivity index (χ4v) is 0.989. The van der Waals surface area contributed by atoms with Crippen LogP contribution in [-0.4, -0.2) is 5.91 Å². The molecule has 1 amide bonds. The molecule has 0 aromatic heterocycles. The van der Waals surface area contributed by atoms with Crippen molar-refractivity contribution in [2.45, 2.75) is 27.7 Å². The van der Waals surface area contributed by atoms with Crippen molar-refractivity contribution in [3.05, 3.63) is 29.6 Å². The van der Waals surface area contributed by atoms with Crippen LogP contribution in [0.15, 0.2) is 18.2 Å². The lowest BCUT2D eigenvalue weighted by Gasteiger charge is -2.17. The topological polar surface area (TPSA) is 29.1 Å². The van der Waals surface area contributed by atoms with E-state index in [1.807, 2.05) is 20.8 Å². The predicted molar refractivity (Wildman–Crippen MR) is 59.2 cm³/mol. The highest BCUT2D eigenvalue weighted by molar-refractivity contribution is 5.94. The van der Waals surface area contributed by atoms with Gasteiger partial charge < -0.3 is 5.32 Å². The summed E-state index contributed by atoms with van der Waals surface area (Å²) in [5.74, 6) is -0.424. The lowest BCUT2D eigenvalue weighted by atomic mass is 9.95. The molecule has 15 heavy (non-hydrogen) atoms. The van der Waals surface area contributed by atoms with Gasteiger partial charge in [0.25, 0.3) is 0 Å². The van der Waals surface area contributed by atoms with E-state index in [9.17, 15) is 9.18 Å². The fourth-order valence-electron chi connectivity index (χ4n) is 0.989. The smallest absolute Gasteiger partial charge is 0.229 e. The Kier molecular flexibility index (Phi) is 3.12. The van der Waals surface area contributed by atoms with Gasteiger partial charge in [0, 0.05) is 11.1 Å². The Morgan fingerprint density at radius 3 is 2.40 bits per heavy atom. The first-order valence-electron chi connectivity index (χ1n) is 4.88. The minimum absolute atomic E-state index is 0.120. The normalized spacial score (nSPS) is 11.3. The van der Waals surface area contributed by atoms with Gasteiger partial charge in [0.05, 0.1) is 0 Å². The van der Waals surface area contributed by atoms with Crippen LogP contribution in [0.25, 0.3) is 0 Å². The highest BCUT2D eigenvalue weighted by Crippen LogP contribution is 2.19. The third-order valence-electron chi connectivity index (χ3n) is 2.11. The zero-order valence-electron chi connectivity index (χ0n) is 9.52. The van der Waals surface area contributed by atoms with Crippen LogP contribution in [0.5, 0.6) is 0 Å². The van der Waals surface area contributed by atoms with Gasteiger partial charge in [-0.3, -0.25) is 4.79 Å². The number of benzene rings is 1. The third kappa shape index (κ3) is 3.05. The third-order valence-corrected chi connectivity index (χ3v) is 2.11. The Morgan fingerprint density at radius 2 is 1.93 bits per heavy atom. The quantitative estimate of drug-likeness (QED) is 0.756. The molecule has 0 spiro atoms. The highest BCUT2D eigenvalue weighted by Gasteiger charge is 2.21. The molecular formula is C12H16FNO. The molecule has 0 radical (unpaired) electrons. The van der Waals surface area contributed by atoms with E-state index < -0.39 is 5.41 Å². The SMILES string of the molecule is Cc1ccc(NC(=O)C(C)(C)C)cc1F.